The largest absolute Gasteiger partial charge is 0.358 e. The molecule has 0 aromatic rings. The molecule has 0 radical (unpaired) electrons. The topological polar surface area (TPSA) is 12.5 Å². The van der Waals surface area contributed by atoms with Crippen LogP contribution in [0, 0.1) is 0 Å². The van der Waals surface area contributed by atoms with Crippen molar-refractivity contribution in [3.8, 4) is 0 Å². The molecule has 1 aliphatic heterocycles. The SMILES string of the molecule is COC1C(C)=C(Br)C=CN1C. The van der Waals surface area contributed by atoms with Crippen LogP contribution in [0.15, 0.2) is 22.3 Å². The van der Waals surface area contributed by atoms with Crippen LogP contribution in [0.4, 0.5) is 0 Å². The van der Waals surface area contributed by atoms with Crippen molar-refractivity contribution < 1.29 is 4.74 Å². The van der Waals surface area contributed by atoms with Crippen molar-refractivity contribution in [1.29, 1.82) is 0 Å². The fraction of sp³-hybridized carbons (Fsp3) is 0.500. The average Bonchev–Trinajstić information content (AvgIpc) is 1.99. The molecule has 0 fully saturated rings. The first-order chi connectivity index (χ1) is 5.16. The van der Waals surface area contributed by atoms with E-state index in [2.05, 4.69) is 22.9 Å². The highest BCUT2D eigenvalue weighted by Gasteiger charge is 2.17. The van der Waals surface area contributed by atoms with Crippen LogP contribution in [-0.2, 0) is 4.74 Å². The number of methoxy groups -OCH3 is 1. The summed E-state index contributed by atoms with van der Waals surface area (Å²) in [6.07, 6.45) is 4.09. The van der Waals surface area contributed by atoms with Crippen LogP contribution < -0.4 is 0 Å². The van der Waals surface area contributed by atoms with E-state index in [0.717, 1.165) is 4.48 Å². The van der Waals surface area contributed by atoms with Gasteiger partial charge in [-0.15, -0.1) is 0 Å². The molecule has 2 nitrogen and oxygen atoms in total. The molecule has 0 aromatic heterocycles. The van der Waals surface area contributed by atoms with Crippen LogP contribution in [0.2, 0.25) is 0 Å². The molecule has 62 valence electrons. The maximum Gasteiger partial charge on any atom is 0.152 e. The van der Waals surface area contributed by atoms with E-state index in [9.17, 15) is 0 Å². The predicted molar refractivity (Wildman–Crippen MR) is 49.3 cm³/mol. The van der Waals surface area contributed by atoms with Gasteiger partial charge >= 0.3 is 0 Å². The molecule has 0 saturated heterocycles. The van der Waals surface area contributed by atoms with Crippen LogP contribution in [0.25, 0.3) is 0 Å². The first kappa shape index (κ1) is 8.81. The summed E-state index contributed by atoms with van der Waals surface area (Å²) >= 11 is 3.45. The molecule has 11 heavy (non-hydrogen) atoms. The number of nitrogens with zero attached hydrogens (tertiary/aromatic N) is 1. The third kappa shape index (κ3) is 1.65. The van der Waals surface area contributed by atoms with Crippen molar-refractivity contribution in [1.82, 2.24) is 4.90 Å². The van der Waals surface area contributed by atoms with Crippen molar-refractivity contribution >= 4 is 15.9 Å². The fourth-order valence-corrected chi connectivity index (χ4v) is 1.47. The summed E-state index contributed by atoms with van der Waals surface area (Å²) in [4.78, 5) is 2.03. The predicted octanol–water partition coefficient (Wildman–Crippen LogP) is 2.09. The van der Waals surface area contributed by atoms with Gasteiger partial charge in [0, 0.05) is 24.8 Å². The zero-order valence-electron chi connectivity index (χ0n) is 6.97. The lowest BCUT2D eigenvalue weighted by Gasteiger charge is -2.29. The summed E-state index contributed by atoms with van der Waals surface area (Å²) in [5.74, 6) is 0. The van der Waals surface area contributed by atoms with E-state index >= 15 is 0 Å². The summed E-state index contributed by atoms with van der Waals surface area (Å²) in [6.45, 7) is 2.05. The van der Waals surface area contributed by atoms with Gasteiger partial charge in [-0.3, -0.25) is 0 Å². The molecular formula is C8H12BrNO. The zero-order chi connectivity index (χ0) is 8.43. The van der Waals surface area contributed by atoms with Gasteiger partial charge in [0.1, 0.15) is 0 Å². The van der Waals surface area contributed by atoms with Gasteiger partial charge in [0.2, 0.25) is 0 Å². The molecule has 0 saturated carbocycles. The standard InChI is InChI=1S/C8H12BrNO/c1-6-7(9)4-5-10(2)8(6)11-3/h4-5,8H,1-3H3. The quantitative estimate of drug-likeness (QED) is 0.668. The van der Waals surface area contributed by atoms with E-state index in [1.807, 2.05) is 24.2 Å². The molecule has 0 N–H and O–H groups in total. The lowest BCUT2D eigenvalue weighted by molar-refractivity contribution is 0.0351. The Labute approximate surface area is 75.6 Å². The first-order valence-corrected chi connectivity index (χ1v) is 4.25. The molecule has 1 aliphatic rings. The highest BCUT2D eigenvalue weighted by Crippen LogP contribution is 2.24. The summed E-state index contributed by atoms with van der Waals surface area (Å²) in [5.41, 5.74) is 1.21. The lowest BCUT2D eigenvalue weighted by Crippen LogP contribution is -2.32. The number of hydrogen-bond donors (Lipinski definition) is 0. The maximum absolute atomic E-state index is 5.27. The van der Waals surface area contributed by atoms with Gasteiger partial charge in [-0.2, -0.15) is 0 Å². The summed E-state index contributed by atoms with van der Waals surface area (Å²) < 4.78 is 6.39. The van der Waals surface area contributed by atoms with E-state index in [1.54, 1.807) is 7.11 Å². The molecular weight excluding hydrogens is 206 g/mol. The molecule has 1 heterocycles. The minimum absolute atomic E-state index is 0.0781. The smallest absolute Gasteiger partial charge is 0.152 e. The molecule has 3 heteroatoms. The van der Waals surface area contributed by atoms with Crippen molar-refractivity contribution in [2.75, 3.05) is 14.2 Å². The minimum atomic E-state index is 0.0781. The number of halogens is 1. The Balaban J connectivity index is 2.87. The second-order valence-corrected chi connectivity index (χ2v) is 3.45. The Morgan fingerprint density at radius 3 is 2.73 bits per heavy atom. The highest BCUT2D eigenvalue weighted by atomic mass is 79.9. The number of rotatable bonds is 1. The summed E-state index contributed by atoms with van der Waals surface area (Å²) in [5, 5.41) is 0. The summed E-state index contributed by atoms with van der Waals surface area (Å²) in [6, 6.07) is 0. The lowest BCUT2D eigenvalue weighted by atomic mass is 10.2. The van der Waals surface area contributed by atoms with Gasteiger partial charge in [-0.25, -0.2) is 0 Å². The van der Waals surface area contributed by atoms with Gasteiger partial charge in [-0.05, 0) is 18.6 Å². The van der Waals surface area contributed by atoms with Gasteiger partial charge in [-0.1, -0.05) is 15.9 Å². The molecule has 0 aliphatic carbocycles. The number of hydrogen-bond acceptors (Lipinski definition) is 2. The Morgan fingerprint density at radius 2 is 2.27 bits per heavy atom. The number of allylic oxidation sites excluding steroid dienone is 2. The third-order valence-corrected chi connectivity index (χ3v) is 2.69. The van der Waals surface area contributed by atoms with E-state index in [-0.39, 0.29) is 6.23 Å². The van der Waals surface area contributed by atoms with Crippen LogP contribution in [-0.4, -0.2) is 25.3 Å². The normalized spacial score (nSPS) is 24.7. The second-order valence-electron chi connectivity index (χ2n) is 2.60. The van der Waals surface area contributed by atoms with Crippen molar-refractivity contribution in [2.45, 2.75) is 13.2 Å². The van der Waals surface area contributed by atoms with Crippen molar-refractivity contribution in [3.05, 3.63) is 22.3 Å². The molecule has 1 atom stereocenters. The van der Waals surface area contributed by atoms with Crippen LogP contribution in [0.5, 0.6) is 0 Å². The highest BCUT2D eigenvalue weighted by molar-refractivity contribution is 9.11. The van der Waals surface area contributed by atoms with E-state index in [4.69, 9.17) is 4.74 Å². The Morgan fingerprint density at radius 1 is 1.64 bits per heavy atom. The minimum Gasteiger partial charge on any atom is -0.358 e. The van der Waals surface area contributed by atoms with E-state index in [0.29, 0.717) is 0 Å². The molecule has 1 unspecified atom stereocenters. The molecule has 0 amide bonds. The molecule has 0 spiro atoms. The monoisotopic (exact) mass is 217 g/mol. The molecule has 0 bridgehead atoms. The third-order valence-electron chi connectivity index (χ3n) is 1.80. The van der Waals surface area contributed by atoms with E-state index in [1.165, 1.54) is 5.57 Å². The van der Waals surface area contributed by atoms with Crippen molar-refractivity contribution in [3.63, 3.8) is 0 Å². The molecule has 1 rings (SSSR count). The van der Waals surface area contributed by atoms with E-state index < -0.39 is 0 Å². The second kappa shape index (κ2) is 3.41. The average molecular weight is 218 g/mol. The Kier molecular flexibility index (Phi) is 2.73. The fourth-order valence-electron chi connectivity index (χ4n) is 1.16. The van der Waals surface area contributed by atoms with Crippen molar-refractivity contribution in [2.24, 2.45) is 0 Å². The van der Waals surface area contributed by atoms with Crippen LogP contribution in [0.1, 0.15) is 6.92 Å². The Hall–Kier alpha value is -0.280. The Bertz CT molecular complexity index is 210. The molecule has 0 aromatic carbocycles. The van der Waals surface area contributed by atoms with Crippen LogP contribution >= 0.6 is 15.9 Å². The van der Waals surface area contributed by atoms with Gasteiger partial charge in [0.05, 0.1) is 0 Å². The zero-order valence-corrected chi connectivity index (χ0v) is 8.55. The maximum atomic E-state index is 5.27. The van der Waals surface area contributed by atoms with Gasteiger partial charge < -0.3 is 9.64 Å². The van der Waals surface area contributed by atoms with Crippen LogP contribution in [0.3, 0.4) is 0 Å². The van der Waals surface area contributed by atoms with Gasteiger partial charge in [0.15, 0.2) is 6.23 Å². The number of likely N-dealkylation sites (N-methyl/N-ethyl adjacent to an activating group) is 1. The number of ether oxygens (including phenoxy) is 1. The van der Waals surface area contributed by atoms with Gasteiger partial charge in [0.25, 0.3) is 0 Å². The first-order valence-electron chi connectivity index (χ1n) is 3.46. The summed E-state index contributed by atoms with van der Waals surface area (Å²) in [7, 11) is 3.71.